The molecule has 0 aromatic heterocycles. The second-order valence-electron chi connectivity index (χ2n) is 4.53. The van der Waals surface area contributed by atoms with E-state index in [9.17, 15) is 0 Å². The number of ether oxygens (including phenoxy) is 2. The molecule has 1 aromatic rings. The first kappa shape index (κ1) is 16.5. The summed E-state index contributed by atoms with van der Waals surface area (Å²) in [5.74, 6) is 6.84. The van der Waals surface area contributed by atoms with Crippen LogP contribution in [-0.2, 0) is 11.3 Å². The molecule has 0 heterocycles. The second kappa shape index (κ2) is 9.38. The van der Waals surface area contributed by atoms with Crippen LogP contribution in [0.2, 0.25) is 0 Å². The van der Waals surface area contributed by atoms with Gasteiger partial charge in [-0.1, -0.05) is 11.8 Å². The van der Waals surface area contributed by atoms with E-state index in [1.54, 1.807) is 14.2 Å². The van der Waals surface area contributed by atoms with Crippen LogP contribution in [0, 0.1) is 11.8 Å². The molecule has 0 aliphatic heterocycles. The summed E-state index contributed by atoms with van der Waals surface area (Å²) in [5.41, 5.74) is 2.04. The summed E-state index contributed by atoms with van der Waals surface area (Å²) < 4.78 is 10.5. The van der Waals surface area contributed by atoms with E-state index in [2.05, 4.69) is 16.7 Å². The zero-order valence-electron chi connectivity index (χ0n) is 12.5. The average Bonchev–Trinajstić information content (AvgIpc) is 2.46. The Bertz CT molecular complexity index is 463. The Labute approximate surface area is 121 Å². The molecule has 0 saturated heterocycles. The van der Waals surface area contributed by atoms with Gasteiger partial charge in [0.15, 0.2) is 0 Å². The summed E-state index contributed by atoms with van der Waals surface area (Å²) in [6.07, 6.45) is 0.495. The zero-order chi connectivity index (χ0) is 14.8. The number of nitrogens with zero attached hydrogens (tertiary/aromatic N) is 1. The van der Waals surface area contributed by atoms with Gasteiger partial charge in [0, 0.05) is 37.7 Å². The van der Waals surface area contributed by atoms with Crippen molar-refractivity contribution in [2.24, 2.45) is 0 Å². The number of likely N-dealkylation sites (N-methyl/N-ethyl adjacent to an activating group) is 1. The zero-order valence-corrected chi connectivity index (χ0v) is 12.5. The molecule has 20 heavy (non-hydrogen) atoms. The summed E-state index contributed by atoms with van der Waals surface area (Å²) in [6.45, 7) is 2.44. The number of aliphatic hydroxyl groups is 1. The highest BCUT2D eigenvalue weighted by Crippen LogP contribution is 2.21. The van der Waals surface area contributed by atoms with Crippen molar-refractivity contribution >= 4 is 0 Å². The molecule has 1 rings (SSSR count). The van der Waals surface area contributed by atoms with E-state index in [0.717, 1.165) is 30.0 Å². The number of benzene rings is 1. The lowest BCUT2D eigenvalue weighted by molar-refractivity contribution is 0.158. The summed E-state index contributed by atoms with van der Waals surface area (Å²) in [6, 6.07) is 5.90. The quantitative estimate of drug-likeness (QED) is 0.767. The van der Waals surface area contributed by atoms with Crippen molar-refractivity contribution in [1.82, 2.24) is 4.90 Å². The molecule has 0 radical (unpaired) electrons. The molecular weight excluding hydrogens is 254 g/mol. The Morgan fingerprint density at radius 1 is 1.30 bits per heavy atom. The average molecular weight is 277 g/mol. The predicted molar refractivity (Wildman–Crippen MR) is 79.8 cm³/mol. The van der Waals surface area contributed by atoms with Crippen LogP contribution in [0.3, 0.4) is 0 Å². The normalized spacial score (nSPS) is 10.2. The number of rotatable bonds is 7. The topological polar surface area (TPSA) is 41.9 Å². The first-order valence-electron chi connectivity index (χ1n) is 6.65. The van der Waals surface area contributed by atoms with Gasteiger partial charge in [-0.3, -0.25) is 4.90 Å². The highest BCUT2D eigenvalue weighted by atomic mass is 16.5. The second-order valence-corrected chi connectivity index (χ2v) is 4.53. The first-order valence-corrected chi connectivity index (χ1v) is 6.65. The van der Waals surface area contributed by atoms with E-state index in [-0.39, 0.29) is 6.61 Å². The highest BCUT2D eigenvalue weighted by molar-refractivity contribution is 5.44. The van der Waals surface area contributed by atoms with Crippen molar-refractivity contribution in [3.05, 3.63) is 29.3 Å². The van der Waals surface area contributed by atoms with Gasteiger partial charge >= 0.3 is 0 Å². The Kier molecular flexibility index (Phi) is 7.74. The monoisotopic (exact) mass is 277 g/mol. The van der Waals surface area contributed by atoms with Crippen LogP contribution >= 0.6 is 0 Å². The molecule has 0 amide bonds. The Morgan fingerprint density at radius 3 is 2.75 bits per heavy atom. The summed E-state index contributed by atoms with van der Waals surface area (Å²) >= 11 is 0. The van der Waals surface area contributed by atoms with E-state index < -0.39 is 0 Å². The fourth-order valence-electron chi connectivity index (χ4n) is 1.82. The number of hydrogen-bond acceptors (Lipinski definition) is 4. The van der Waals surface area contributed by atoms with E-state index in [4.69, 9.17) is 14.6 Å². The molecule has 0 fully saturated rings. The smallest absolute Gasteiger partial charge is 0.123 e. The molecule has 0 spiro atoms. The Hall–Kier alpha value is -1.54. The maximum Gasteiger partial charge on any atom is 0.123 e. The van der Waals surface area contributed by atoms with Gasteiger partial charge in [0.05, 0.1) is 20.3 Å². The van der Waals surface area contributed by atoms with Gasteiger partial charge in [0.2, 0.25) is 0 Å². The Morgan fingerprint density at radius 2 is 2.10 bits per heavy atom. The molecule has 110 valence electrons. The minimum atomic E-state index is 0.0930. The molecule has 4 nitrogen and oxygen atoms in total. The van der Waals surface area contributed by atoms with Crippen molar-refractivity contribution in [1.29, 1.82) is 0 Å². The molecule has 1 aromatic carbocycles. The van der Waals surface area contributed by atoms with Crippen molar-refractivity contribution in [3.8, 4) is 17.6 Å². The van der Waals surface area contributed by atoms with Gasteiger partial charge < -0.3 is 14.6 Å². The van der Waals surface area contributed by atoms with Crippen molar-refractivity contribution in [2.45, 2.75) is 13.0 Å². The van der Waals surface area contributed by atoms with Crippen LogP contribution in [0.1, 0.15) is 17.5 Å². The van der Waals surface area contributed by atoms with E-state index in [1.807, 2.05) is 25.2 Å². The summed E-state index contributed by atoms with van der Waals surface area (Å²) in [5, 5.41) is 8.74. The van der Waals surface area contributed by atoms with Crippen LogP contribution in [0.25, 0.3) is 0 Å². The van der Waals surface area contributed by atoms with Crippen molar-refractivity contribution < 1.29 is 14.6 Å². The molecule has 0 atom stereocenters. The maximum atomic E-state index is 8.74. The molecule has 0 saturated carbocycles. The number of methoxy groups -OCH3 is 2. The van der Waals surface area contributed by atoms with Gasteiger partial charge in [-0.2, -0.15) is 0 Å². The first-order chi connectivity index (χ1) is 9.71. The molecule has 0 aliphatic carbocycles. The highest BCUT2D eigenvalue weighted by Gasteiger charge is 2.07. The minimum absolute atomic E-state index is 0.0930. The van der Waals surface area contributed by atoms with Crippen LogP contribution in [0.4, 0.5) is 0 Å². The van der Waals surface area contributed by atoms with Crippen LogP contribution in [-0.4, -0.2) is 51.0 Å². The third-order valence-electron chi connectivity index (χ3n) is 2.87. The van der Waals surface area contributed by atoms with Crippen LogP contribution in [0.5, 0.6) is 5.75 Å². The van der Waals surface area contributed by atoms with Crippen LogP contribution < -0.4 is 4.74 Å². The number of aliphatic hydroxyl groups excluding tert-OH is 1. The standard InChI is InChI=1S/C16H23NO3/c1-17(9-11-19-2)13-15-12-14(6-4-5-10-18)7-8-16(15)20-3/h7-8,12,18H,5,9-11,13H2,1-3H3. The van der Waals surface area contributed by atoms with Gasteiger partial charge in [-0.15, -0.1) is 0 Å². The largest absolute Gasteiger partial charge is 0.496 e. The maximum absolute atomic E-state index is 8.74. The van der Waals surface area contributed by atoms with E-state index >= 15 is 0 Å². The number of hydrogen-bond donors (Lipinski definition) is 1. The van der Waals surface area contributed by atoms with E-state index in [0.29, 0.717) is 13.0 Å². The molecule has 0 aliphatic rings. The third-order valence-corrected chi connectivity index (χ3v) is 2.87. The third kappa shape index (κ3) is 5.62. The van der Waals surface area contributed by atoms with E-state index in [1.165, 1.54) is 0 Å². The van der Waals surface area contributed by atoms with Gasteiger partial charge in [0.1, 0.15) is 5.75 Å². The fraction of sp³-hybridized carbons (Fsp3) is 0.500. The lowest BCUT2D eigenvalue weighted by atomic mass is 10.1. The Balaban J connectivity index is 2.81. The molecule has 4 heteroatoms. The predicted octanol–water partition coefficient (Wildman–Crippen LogP) is 1.51. The lowest BCUT2D eigenvalue weighted by Gasteiger charge is -2.18. The lowest BCUT2D eigenvalue weighted by Crippen LogP contribution is -2.22. The summed E-state index contributed by atoms with van der Waals surface area (Å²) in [4.78, 5) is 2.17. The van der Waals surface area contributed by atoms with Crippen LogP contribution in [0.15, 0.2) is 18.2 Å². The molecule has 0 unspecified atom stereocenters. The molecule has 1 N–H and O–H groups in total. The van der Waals surface area contributed by atoms with Gasteiger partial charge in [-0.05, 0) is 25.2 Å². The fourth-order valence-corrected chi connectivity index (χ4v) is 1.82. The summed E-state index contributed by atoms with van der Waals surface area (Å²) in [7, 11) is 5.42. The SMILES string of the molecule is COCCN(C)Cc1cc(C#CCCO)ccc1OC. The van der Waals surface area contributed by atoms with Gasteiger partial charge in [0.25, 0.3) is 0 Å². The minimum Gasteiger partial charge on any atom is -0.496 e. The molecular formula is C16H23NO3. The molecule has 0 bridgehead atoms. The van der Waals surface area contributed by atoms with Crippen molar-refractivity contribution in [2.75, 3.05) is 41.0 Å². The van der Waals surface area contributed by atoms with Gasteiger partial charge in [-0.25, -0.2) is 0 Å². The van der Waals surface area contributed by atoms with Crippen molar-refractivity contribution in [3.63, 3.8) is 0 Å².